The summed E-state index contributed by atoms with van der Waals surface area (Å²) in [5.74, 6) is 0.920. The summed E-state index contributed by atoms with van der Waals surface area (Å²) < 4.78 is 1.74. The lowest BCUT2D eigenvalue weighted by Gasteiger charge is -2.11. The molecule has 0 amide bonds. The summed E-state index contributed by atoms with van der Waals surface area (Å²) in [7, 11) is 1.87. The molecule has 0 radical (unpaired) electrons. The first-order chi connectivity index (χ1) is 9.26. The van der Waals surface area contributed by atoms with Crippen LogP contribution >= 0.6 is 11.8 Å². The number of rotatable bonds is 6. The smallest absolute Gasteiger partial charge is 0.192 e. The number of aryl methyl sites for hydroxylation is 1. The molecule has 0 bridgehead atoms. The van der Waals surface area contributed by atoms with Crippen molar-refractivity contribution in [2.24, 2.45) is 7.05 Å². The lowest BCUT2D eigenvalue weighted by molar-refractivity contribution is 0.684. The van der Waals surface area contributed by atoms with Crippen molar-refractivity contribution in [3.8, 4) is 0 Å². The van der Waals surface area contributed by atoms with Crippen LogP contribution in [-0.2, 0) is 13.5 Å². The van der Waals surface area contributed by atoms with E-state index in [1.165, 1.54) is 11.8 Å². The van der Waals surface area contributed by atoms with Gasteiger partial charge in [0.15, 0.2) is 5.16 Å². The maximum Gasteiger partial charge on any atom is 0.192 e. The highest BCUT2D eigenvalue weighted by atomic mass is 32.2. The Balaban J connectivity index is 2.27. The number of hydrogen-bond acceptors (Lipinski definition) is 6. The standard InChI is InChI=1S/C12H18N6S/c1-4-6-13-10-9(5-2)11(15-7-14-10)19-12-16-8-17-18(12)3/h7-8H,4-6H2,1-3H3,(H,13,14,15). The summed E-state index contributed by atoms with van der Waals surface area (Å²) >= 11 is 1.52. The SMILES string of the molecule is CCCNc1ncnc(Sc2ncnn2C)c1CC. The van der Waals surface area contributed by atoms with Crippen LogP contribution in [-0.4, -0.2) is 31.3 Å². The van der Waals surface area contributed by atoms with Gasteiger partial charge < -0.3 is 5.32 Å². The van der Waals surface area contributed by atoms with Crippen LogP contribution in [0, 0.1) is 0 Å². The third-order valence-corrected chi connectivity index (χ3v) is 3.76. The average Bonchev–Trinajstić information content (AvgIpc) is 2.82. The second-order valence-electron chi connectivity index (χ2n) is 4.05. The minimum Gasteiger partial charge on any atom is -0.370 e. The topological polar surface area (TPSA) is 68.5 Å². The van der Waals surface area contributed by atoms with Crippen LogP contribution < -0.4 is 5.32 Å². The van der Waals surface area contributed by atoms with Crippen LogP contribution in [0.4, 0.5) is 5.82 Å². The van der Waals surface area contributed by atoms with Gasteiger partial charge in [-0.05, 0) is 24.6 Å². The zero-order valence-corrected chi connectivity index (χ0v) is 12.2. The van der Waals surface area contributed by atoms with Crippen LogP contribution in [0.3, 0.4) is 0 Å². The highest BCUT2D eigenvalue weighted by Crippen LogP contribution is 2.29. The summed E-state index contributed by atoms with van der Waals surface area (Å²) in [5.41, 5.74) is 1.13. The maximum atomic E-state index is 4.36. The lowest BCUT2D eigenvalue weighted by Crippen LogP contribution is -2.07. The predicted octanol–water partition coefficient (Wildman–Crippen LogP) is 2.14. The van der Waals surface area contributed by atoms with Crippen molar-refractivity contribution in [2.75, 3.05) is 11.9 Å². The molecule has 0 saturated carbocycles. The van der Waals surface area contributed by atoms with Gasteiger partial charge in [0.1, 0.15) is 23.5 Å². The van der Waals surface area contributed by atoms with Crippen molar-refractivity contribution in [3.63, 3.8) is 0 Å². The largest absolute Gasteiger partial charge is 0.370 e. The van der Waals surface area contributed by atoms with Crippen molar-refractivity contribution in [1.29, 1.82) is 0 Å². The van der Waals surface area contributed by atoms with E-state index in [-0.39, 0.29) is 0 Å². The minimum atomic E-state index is 0.829. The Bertz CT molecular complexity index is 539. The Labute approximate surface area is 117 Å². The van der Waals surface area contributed by atoms with E-state index in [0.717, 1.165) is 41.0 Å². The van der Waals surface area contributed by atoms with Gasteiger partial charge >= 0.3 is 0 Å². The molecule has 2 heterocycles. The summed E-state index contributed by atoms with van der Waals surface area (Å²) in [4.78, 5) is 12.9. The molecule has 0 unspecified atom stereocenters. The fourth-order valence-corrected chi connectivity index (χ4v) is 2.58. The van der Waals surface area contributed by atoms with Gasteiger partial charge in [-0.25, -0.2) is 19.6 Å². The average molecular weight is 278 g/mol. The molecule has 2 rings (SSSR count). The van der Waals surface area contributed by atoms with Crippen molar-refractivity contribution in [2.45, 2.75) is 36.9 Å². The molecule has 0 aliphatic heterocycles. The summed E-state index contributed by atoms with van der Waals surface area (Å²) in [6.45, 7) is 5.16. The van der Waals surface area contributed by atoms with Crippen molar-refractivity contribution in [1.82, 2.24) is 24.7 Å². The Kier molecular flexibility index (Phi) is 4.73. The molecule has 0 atom stereocenters. The quantitative estimate of drug-likeness (QED) is 0.816. The minimum absolute atomic E-state index is 0.829. The molecule has 2 aromatic rings. The van der Waals surface area contributed by atoms with Gasteiger partial charge in [0, 0.05) is 19.2 Å². The van der Waals surface area contributed by atoms with E-state index in [1.54, 1.807) is 17.3 Å². The number of aromatic nitrogens is 5. The van der Waals surface area contributed by atoms with Gasteiger partial charge in [-0.15, -0.1) is 0 Å². The van der Waals surface area contributed by atoms with Gasteiger partial charge in [0.05, 0.1) is 0 Å². The van der Waals surface area contributed by atoms with Crippen LogP contribution in [0.5, 0.6) is 0 Å². The molecule has 0 fully saturated rings. The van der Waals surface area contributed by atoms with Crippen LogP contribution in [0.2, 0.25) is 0 Å². The normalized spacial score (nSPS) is 10.7. The van der Waals surface area contributed by atoms with Gasteiger partial charge in [0.2, 0.25) is 0 Å². The van der Waals surface area contributed by atoms with E-state index in [2.05, 4.69) is 39.2 Å². The third kappa shape index (κ3) is 3.23. The van der Waals surface area contributed by atoms with E-state index in [0.29, 0.717) is 0 Å². The third-order valence-electron chi connectivity index (χ3n) is 2.66. The van der Waals surface area contributed by atoms with E-state index in [9.17, 15) is 0 Å². The molecule has 1 N–H and O–H groups in total. The second-order valence-corrected chi connectivity index (χ2v) is 5.01. The van der Waals surface area contributed by atoms with Gasteiger partial charge in [0.25, 0.3) is 0 Å². The van der Waals surface area contributed by atoms with Crippen LogP contribution in [0.15, 0.2) is 22.8 Å². The molecule has 19 heavy (non-hydrogen) atoms. The summed E-state index contributed by atoms with van der Waals surface area (Å²) in [6.07, 6.45) is 5.09. The fourth-order valence-electron chi connectivity index (χ4n) is 1.66. The first kappa shape index (κ1) is 13.8. The van der Waals surface area contributed by atoms with E-state index >= 15 is 0 Å². The van der Waals surface area contributed by atoms with Crippen molar-refractivity contribution in [3.05, 3.63) is 18.2 Å². The molecule has 2 aromatic heterocycles. The lowest BCUT2D eigenvalue weighted by atomic mass is 10.2. The molecule has 0 aromatic carbocycles. The Morgan fingerprint density at radius 2 is 2.05 bits per heavy atom. The van der Waals surface area contributed by atoms with Gasteiger partial charge in [-0.1, -0.05) is 13.8 Å². The Morgan fingerprint density at radius 1 is 1.21 bits per heavy atom. The van der Waals surface area contributed by atoms with Crippen LogP contribution in [0.25, 0.3) is 0 Å². The molecule has 0 saturated heterocycles. The van der Waals surface area contributed by atoms with Crippen molar-refractivity contribution < 1.29 is 0 Å². The van der Waals surface area contributed by atoms with E-state index in [1.807, 2.05) is 7.05 Å². The molecule has 7 heteroatoms. The molecular weight excluding hydrogens is 260 g/mol. The molecular formula is C12H18N6S. The maximum absolute atomic E-state index is 4.36. The Hall–Kier alpha value is -1.63. The zero-order chi connectivity index (χ0) is 13.7. The van der Waals surface area contributed by atoms with Crippen molar-refractivity contribution >= 4 is 17.6 Å². The second kappa shape index (κ2) is 6.51. The highest BCUT2D eigenvalue weighted by Gasteiger charge is 2.13. The predicted molar refractivity (Wildman–Crippen MR) is 75.3 cm³/mol. The van der Waals surface area contributed by atoms with Gasteiger partial charge in [-0.3, -0.25) is 0 Å². The Morgan fingerprint density at radius 3 is 2.68 bits per heavy atom. The summed E-state index contributed by atoms with van der Waals surface area (Å²) in [5, 5.41) is 9.17. The summed E-state index contributed by atoms with van der Waals surface area (Å²) in [6, 6.07) is 0. The molecule has 0 aliphatic carbocycles. The number of nitrogens with one attached hydrogen (secondary N) is 1. The van der Waals surface area contributed by atoms with E-state index < -0.39 is 0 Å². The first-order valence-corrected chi connectivity index (χ1v) is 7.17. The molecule has 0 spiro atoms. The zero-order valence-electron chi connectivity index (χ0n) is 11.4. The fraction of sp³-hybridized carbons (Fsp3) is 0.500. The number of anilines is 1. The number of hydrogen-bond donors (Lipinski definition) is 1. The first-order valence-electron chi connectivity index (χ1n) is 6.35. The molecule has 102 valence electrons. The number of nitrogens with zero attached hydrogens (tertiary/aromatic N) is 5. The van der Waals surface area contributed by atoms with Crippen LogP contribution in [0.1, 0.15) is 25.8 Å². The monoisotopic (exact) mass is 278 g/mol. The highest BCUT2D eigenvalue weighted by molar-refractivity contribution is 7.99. The molecule has 0 aliphatic rings. The van der Waals surface area contributed by atoms with Gasteiger partial charge in [-0.2, -0.15) is 5.10 Å². The molecule has 6 nitrogen and oxygen atoms in total. The van der Waals surface area contributed by atoms with E-state index in [4.69, 9.17) is 0 Å².